The van der Waals surface area contributed by atoms with E-state index < -0.39 is 34.6 Å². The molecule has 1 fully saturated rings. The van der Waals surface area contributed by atoms with Crippen LogP contribution in [0, 0.1) is 19.7 Å². The number of hydrogen-bond acceptors (Lipinski definition) is 4. The molecule has 1 unspecified atom stereocenters. The Balaban J connectivity index is 0.00000338. The van der Waals surface area contributed by atoms with E-state index in [0.717, 1.165) is 12.1 Å². The van der Waals surface area contributed by atoms with Gasteiger partial charge in [-0.15, -0.1) is 12.4 Å². The molecule has 1 aliphatic heterocycles. The van der Waals surface area contributed by atoms with Crippen molar-refractivity contribution in [2.75, 3.05) is 32.7 Å². The first-order valence-corrected chi connectivity index (χ1v) is 9.28. The number of nitrogens with one attached hydrogen (secondary N) is 2. The quantitative estimate of drug-likeness (QED) is 0.716. The molecule has 0 saturated carbocycles. The van der Waals surface area contributed by atoms with Crippen LogP contribution in [-0.4, -0.2) is 58.3 Å². The smallest absolute Gasteiger partial charge is 0.314 e. The van der Waals surface area contributed by atoms with E-state index in [-0.39, 0.29) is 41.5 Å². The second kappa shape index (κ2) is 8.83. The maximum atomic E-state index is 13.6. The van der Waals surface area contributed by atoms with E-state index in [2.05, 4.69) is 5.32 Å². The van der Waals surface area contributed by atoms with Gasteiger partial charge < -0.3 is 5.32 Å². The van der Waals surface area contributed by atoms with Crippen LogP contribution in [0.2, 0.25) is 0 Å². The second-order valence-electron chi connectivity index (χ2n) is 6.07. The summed E-state index contributed by atoms with van der Waals surface area (Å²) in [5, 5.41) is 2.95. The van der Waals surface area contributed by atoms with Crippen LogP contribution >= 0.6 is 12.4 Å². The Kier molecular flexibility index (Phi) is 7.85. The van der Waals surface area contributed by atoms with Gasteiger partial charge in [0.05, 0.1) is 4.90 Å². The van der Waals surface area contributed by atoms with Gasteiger partial charge in [0.25, 0.3) is 0 Å². The minimum absolute atomic E-state index is 0. The van der Waals surface area contributed by atoms with Crippen molar-refractivity contribution in [3.63, 3.8) is 0 Å². The van der Waals surface area contributed by atoms with Crippen molar-refractivity contribution in [2.45, 2.75) is 31.0 Å². The number of alkyl halides is 3. The summed E-state index contributed by atoms with van der Waals surface area (Å²) < 4.78 is 80.3. The summed E-state index contributed by atoms with van der Waals surface area (Å²) in [6.45, 7) is 3.20. The summed E-state index contributed by atoms with van der Waals surface area (Å²) in [6.07, 6.45) is -4.56. The summed E-state index contributed by atoms with van der Waals surface area (Å²) in [7, 11) is -4.18. The van der Waals surface area contributed by atoms with Crippen LogP contribution in [0.25, 0.3) is 0 Å². The maximum Gasteiger partial charge on any atom is 0.405 e. The Morgan fingerprint density at radius 1 is 1.19 bits per heavy atom. The van der Waals surface area contributed by atoms with Crippen LogP contribution in [0.5, 0.6) is 0 Å². The van der Waals surface area contributed by atoms with Gasteiger partial charge in [-0.25, -0.2) is 17.5 Å². The predicted molar refractivity (Wildman–Crippen MR) is 92.6 cm³/mol. The average Bonchev–Trinajstić information content (AvgIpc) is 2.52. The lowest BCUT2D eigenvalue weighted by Gasteiger charge is -2.35. The molecule has 1 aromatic carbocycles. The molecule has 2 rings (SSSR count). The highest BCUT2D eigenvalue weighted by Crippen LogP contribution is 2.25. The SMILES string of the molecule is Cc1cc(S(=O)(=O)NCC(N2CCNCC2)C(F)(F)F)cc(C)c1F.Cl. The standard InChI is InChI=1S/C15H21F4N3O2S.ClH/c1-10-7-12(8-11(2)14(10)16)25(23,24)21-9-13(15(17,18)19)22-5-3-20-4-6-22;/h7-8,13,20-21H,3-6,9H2,1-2H3;1H. The molecule has 1 atom stereocenters. The molecule has 0 amide bonds. The molecule has 11 heteroatoms. The normalized spacial score (nSPS) is 17.6. The lowest BCUT2D eigenvalue weighted by atomic mass is 10.1. The lowest BCUT2D eigenvalue weighted by molar-refractivity contribution is -0.182. The molecule has 0 spiro atoms. The Labute approximate surface area is 156 Å². The van der Waals surface area contributed by atoms with Gasteiger partial charge in [0.1, 0.15) is 11.9 Å². The molecule has 150 valence electrons. The van der Waals surface area contributed by atoms with Crippen LogP contribution in [0.1, 0.15) is 11.1 Å². The molecule has 0 radical (unpaired) electrons. The van der Waals surface area contributed by atoms with Gasteiger partial charge in [0.15, 0.2) is 0 Å². The Morgan fingerprint density at radius 3 is 2.15 bits per heavy atom. The fourth-order valence-electron chi connectivity index (χ4n) is 2.78. The number of hydrogen-bond donors (Lipinski definition) is 2. The minimum atomic E-state index is -4.56. The molecule has 1 aromatic rings. The molecule has 2 N–H and O–H groups in total. The first-order valence-electron chi connectivity index (χ1n) is 7.80. The van der Waals surface area contributed by atoms with E-state index in [1.165, 1.54) is 18.7 Å². The first-order chi connectivity index (χ1) is 11.5. The summed E-state index contributed by atoms with van der Waals surface area (Å²) in [5.41, 5.74) is 0.240. The van der Waals surface area contributed by atoms with Crippen molar-refractivity contribution in [3.05, 3.63) is 29.1 Å². The number of sulfonamides is 1. The second-order valence-corrected chi connectivity index (χ2v) is 7.83. The zero-order valence-corrected chi connectivity index (χ0v) is 16.0. The van der Waals surface area contributed by atoms with E-state index in [4.69, 9.17) is 0 Å². The van der Waals surface area contributed by atoms with Crippen molar-refractivity contribution in [2.24, 2.45) is 0 Å². The van der Waals surface area contributed by atoms with Crippen LogP contribution in [0.4, 0.5) is 17.6 Å². The summed E-state index contributed by atoms with van der Waals surface area (Å²) in [6, 6.07) is 0.308. The molecule has 1 saturated heterocycles. The van der Waals surface area contributed by atoms with E-state index in [0.29, 0.717) is 13.1 Å². The van der Waals surface area contributed by atoms with Crippen LogP contribution in [0.15, 0.2) is 17.0 Å². The Hall–Kier alpha value is -0.940. The largest absolute Gasteiger partial charge is 0.405 e. The molecular formula is C15H22ClF4N3O2S. The minimum Gasteiger partial charge on any atom is -0.314 e. The lowest BCUT2D eigenvalue weighted by Crippen LogP contribution is -2.57. The molecule has 1 heterocycles. The third kappa shape index (κ3) is 5.53. The van der Waals surface area contributed by atoms with E-state index in [1.807, 2.05) is 4.72 Å². The zero-order valence-electron chi connectivity index (χ0n) is 14.4. The van der Waals surface area contributed by atoms with Gasteiger partial charge in [-0.05, 0) is 37.1 Å². The van der Waals surface area contributed by atoms with Gasteiger partial charge in [0.2, 0.25) is 10.0 Å². The van der Waals surface area contributed by atoms with E-state index >= 15 is 0 Å². The van der Waals surface area contributed by atoms with Gasteiger partial charge in [-0.1, -0.05) is 0 Å². The number of halogens is 5. The number of benzene rings is 1. The number of aryl methyl sites for hydroxylation is 2. The highest BCUT2D eigenvalue weighted by atomic mass is 35.5. The molecule has 0 bridgehead atoms. The van der Waals surface area contributed by atoms with Crippen LogP contribution in [0.3, 0.4) is 0 Å². The summed E-state index contributed by atoms with van der Waals surface area (Å²) in [4.78, 5) is 0.963. The van der Waals surface area contributed by atoms with E-state index in [1.54, 1.807) is 0 Å². The fourth-order valence-corrected chi connectivity index (χ4v) is 3.99. The number of piperazine rings is 1. The van der Waals surface area contributed by atoms with Crippen molar-refractivity contribution < 1.29 is 26.0 Å². The van der Waals surface area contributed by atoms with Gasteiger partial charge >= 0.3 is 6.18 Å². The maximum absolute atomic E-state index is 13.6. The van der Waals surface area contributed by atoms with Crippen molar-refractivity contribution in [3.8, 4) is 0 Å². The zero-order chi connectivity index (χ0) is 18.8. The van der Waals surface area contributed by atoms with Gasteiger partial charge in [0, 0.05) is 32.7 Å². The molecule has 5 nitrogen and oxygen atoms in total. The molecule has 0 aliphatic carbocycles. The molecule has 26 heavy (non-hydrogen) atoms. The number of nitrogens with zero attached hydrogens (tertiary/aromatic N) is 1. The predicted octanol–water partition coefficient (Wildman–Crippen LogP) is 1.98. The molecule has 1 aliphatic rings. The molecular weight excluding hydrogens is 398 g/mol. The van der Waals surface area contributed by atoms with Crippen molar-refractivity contribution in [1.29, 1.82) is 0 Å². The average molecular weight is 420 g/mol. The summed E-state index contributed by atoms with van der Waals surface area (Å²) in [5.74, 6) is -0.534. The third-order valence-corrected chi connectivity index (χ3v) is 5.56. The monoisotopic (exact) mass is 419 g/mol. The molecule has 0 aromatic heterocycles. The van der Waals surface area contributed by atoms with Crippen LogP contribution < -0.4 is 10.0 Å². The highest BCUT2D eigenvalue weighted by molar-refractivity contribution is 7.89. The van der Waals surface area contributed by atoms with Crippen molar-refractivity contribution in [1.82, 2.24) is 14.9 Å². The highest BCUT2D eigenvalue weighted by Gasteiger charge is 2.44. The van der Waals surface area contributed by atoms with E-state index in [9.17, 15) is 26.0 Å². The summed E-state index contributed by atoms with van der Waals surface area (Å²) >= 11 is 0. The van der Waals surface area contributed by atoms with Crippen molar-refractivity contribution >= 4 is 22.4 Å². The topological polar surface area (TPSA) is 61.4 Å². The fraction of sp³-hybridized carbons (Fsp3) is 0.600. The third-order valence-electron chi connectivity index (χ3n) is 4.16. The number of rotatable bonds is 5. The Morgan fingerprint density at radius 2 is 1.69 bits per heavy atom. The van der Waals surface area contributed by atoms with Gasteiger partial charge in [-0.3, -0.25) is 4.90 Å². The Bertz CT molecular complexity index is 699. The van der Waals surface area contributed by atoms with Crippen LogP contribution in [-0.2, 0) is 10.0 Å². The van der Waals surface area contributed by atoms with Gasteiger partial charge in [-0.2, -0.15) is 13.2 Å². The first kappa shape index (κ1) is 23.1.